The first-order chi connectivity index (χ1) is 11.2. The SMILES string of the molecule is CCC1OC(=O)C(C)C(=O)C(C)=CC(C)CC(C)C(=O)CCC1C. The predicted octanol–water partition coefficient (Wildman–Crippen LogP) is 4.12. The molecule has 1 heterocycles. The lowest BCUT2D eigenvalue weighted by Crippen LogP contribution is -2.32. The average molecular weight is 336 g/mol. The van der Waals surface area contributed by atoms with Crippen LogP contribution in [0.15, 0.2) is 11.6 Å². The van der Waals surface area contributed by atoms with Gasteiger partial charge in [-0.05, 0) is 50.5 Å². The zero-order valence-corrected chi connectivity index (χ0v) is 15.9. The Balaban J connectivity index is 3.08. The van der Waals surface area contributed by atoms with E-state index < -0.39 is 11.9 Å². The van der Waals surface area contributed by atoms with Crippen molar-refractivity contribution in [2.24, 2.45) is 23.7 Å². The maximum atomic E-state index is 12.5. The molecule has 0 aromatic heterocycles. The minimum Gasteiger partial charge on any atom is -0.462 e. The molecule has 0 amide bonds. The van der Waals surface area contributed by atoms with Gasteiger partial charge < -0.3 is 4.74 Å². The maximum Gasteiger partial charge on any atom is 0.316 e. The van der Waals surface area contributed by atoms with Crippen LogP contribution in [-0.4, -0.2) is 23.6 Å². The Labute approximate surface area is 146 Å². The second kappa shape index (κ2) is 9.14. The lowest BCUT2D eigenvalue weighted by Gasteiger charge is -2.25. The first-order valence-electron chi connectivity index (χ1n) is 9.13. The summed E-state index contributed by atoms with van der Waals surface area (Å²) in [5, 5.41) is 0. The number of Topliss-reactive ketones (excluding diaryl/α,β-unsaturated/α-hetero) is 2. The highest BCUT2D eigenvalue weighted by molar-refractivity contribution is 6.07. The van der Waals surface area contributed by atoms with Crippen molar-refractivity contribution >= 4 is 17.5 Å². The van der Waals surface area contributed by atoms with E-state index in [1.54, 1.807) is 13.8 Å². The highest BCUT2D eigenvalue weighted by atomic mass is 16.5. The molecule has 0 aromatic rings. The van der Waals surface area contributed by atoms with Gasteiger partial charge in [0.25, 0.3) is 0 Å². The van der Waals surface area contributed by atoms with E-state index >= 15 is 0 Å². The van der Waals surface area contributed by atoms with Gasteiger partial charge in [-0.25, -0.2) is 0 Å². The van der Waals surface area contributed by atoms with Gasteiger partial charge in [0.05, 0.1) is 0 Å². The van der Waals surface area contributed by atoms with E-state index in [-0.39, 0.29) is 35.4 Å². The molecule has 0 spiro atoms. The second-order valence-electron chi connectivity index (χ2n) is 7.42. The number of hydrogen-bond acceptors (Lipinski definition) is 4. The molecule has 1 rings (SSSR count). The van der Waals surface area contributed by atoms with E-state index in [1.165, 1.54) is 0 Å². The first-order valence-corrected chi connectivity index (χ1v) is 9.13. The summed E-state index contributed by atoms with van der Waals surface area (Å²) in [5.41, 5.74) is 0.574. The summed E-state index contributed by atoms with van der Waals surface area (Å²) in [5.74, 6) is -0.973. The fourth-order valence-corrected chi connectivity index (χ4v) is 3.37. The van der Waals surface area contributed by atoms with E-state index in [1.807, 2.05) is 33.8 Å². The molecule has 5 unspecified atom stereocenters. The van der Waals surface area contributed by atoms with Gasteiger partial charge in [0, 0.05) is 12.3 Å². The third-order valence-electron chi connectivity index (χ3n) is 5.10. The lowest BCUT2D eigenvalue weighted by atomic mass is 9.87. The number of carbonyl (C=O) groups is 3. The number of ketones is 2. The summed E-state index contributed by atoms with van der Waals surface area (Å²) in [6, 6.07) is 0. The van der Waals surface area contributed by atoms with Crippen LogP contribution in [0.5, 0.6) is 0 Å². The number of cyclic esters (lactones) is 1. The quantitative estimate of drug-likeness (QED) is 0.534. The van der Waals surface area contributed by atoms with Crippen molar-refractivity contribution in [1.82, 2.24) is 0 Å². The molecule has 0 fully saturated rings. The van der Waals surface area contributed by atoms with Gasteiger partial charge in [0.1, 0.15) is 17.8 Å². The molecule has 1 aliphatic heterocycles. The minimum absolute atomic E-state index is 0.0191. The number of carbonyl (C=O) groups excluding carboxylic acids is 3. The molecule has 5 atom stereocenters. The fourth-order valence-electron chi connectivity index (χ4n) is 3.37. The van der Waals surface area contributed by atoms with Crippen LogP contribution in [0.4, 0.5) is 0 Å². The molecule has 136 valence electrons. The number of hydrogen-bond donors (Lipinski definition) is 0. The van der Waals surface area contributed by atoms with Gasteiger partial charge in [0.2, 0.25) is 0 Å². The molecule has 0 N–H and O–H groups in total. The van der Waals surface area contributed by atoms with Crippen molar-refractivity contribution in [2.75, 3.05) is 0 Å². The molecule has 0 aromatic carbocycles. The molecule has 0 saturated heterocycles. The minimum atomic E-state index is -0.781. The Bertz CT molecular complexity index is 506. The van der Waals surface area contributed by atoms with Crippen LogP contribution >= 0.6 is 0 Å². The summed E-state index contributed by atoms with van der Waals surface area (Å²) in [7, 11) is 0. The molecule has 4 heteroatoms. The molecule has 4 nitrogen and oxygen atoms in total. The van der Waals surface area contributed by atoms with Crippen LogP contribution in [0.25, 0.3) is 0 Å². The molecule has 0 saturated carbocycles. The van der Waals surface area contributed by atoms with E-state index in [9.17, 15) is 14.4 Å². The van der Waals surface area contributed by atoms with Crippen LogP contribution in [0.3, 0.4) is 0 Å². The van der Waals surface area contributed by atoms with Crippen LogP contribution in [0.2, 0.25) is 0 Å². The summed E-state index contributed by atoms with van der Waals surface area (Å²) < 4.78 is 5.58. The summed E-state index contributed by atoms with van der Waals surface area (Å²) in [4.78, 5) is 37.1. The molecular formula is C20H32O4. The summed E-state index contributed by atoms with van der Waals surface area (Å²) in [6.07, 6.45) is 4.27. The van der Waals surface area contributed by atoms with Crippen LogP contribution < -0.4 is 0 Å². The standard InChI is InChI=1S/C20H32O4/c1-7-18-13(3)8-9-17(21)14(4)10-12(2)11-15(5)19(22)16(6)20(23)24-18/h11-14,16,18H,7-10H2,1-6H3. The van der Waals surface area contributed by atoms with Crippen molar-refractivity contribution in [3.63, 3.8) is 0 Å². The summed E-state index contributed by atoms with van der Waals surface area (Å²) >= 11 is 0. The van der Waals surface area contributed by atoms with Crippen LogP contribution in [0, 0.1) is 23.7 Å². The molecule has 0 aliphatic carbocycles. The Morgan fingerprint density at radius 1 is 1.12 bits per heavy atom. The topological polar surface area (TPSA) is 60.4 Å². The number of allylic oxidation sites excluding steroid dienone is 2. The maximum absolute atomic E-state index is 12.5. The van der Waals surface area contributed by atoms with Gasteiger partial charge in [-0.1, -0.05) is 33.8 Å². The Morgan fingerprint density at radius 2 is 1.75 bits per heavy atom. The monoisotopic (exact) mass is 336 g/mol. The number of rotatable bonds is 1. The largest absolute Gasteiger partial charge is 0.462 e. The highest BCUT2D eigenvalue weighted by Gasteiger charge is 2.29. The van der Waals surface area contributed by atoms with Gasteiger partial charge in [-0.2, -0.15) is 0 Å². The summed E-state index contributed by atoms with van der Waals surface area (Å²) in [6.45, 7) is 11.3. The second-order valence-corrected chi connectivity index (χ2v) is 7.42. The Kier molecular flexibility index (Phi) is 7.85. The first kappa shape index (κ1) is 20.6. The zero-order valence-electron chi connectivity index (χ0n) is 15.9. The van der Waals surface area contributed by atoms with Crippen molar-refractivity contribution in [2.45, 2.75) is 73.3 Å². The van der Waals surface area contributed by atoms with Crippen molar-refractivity contribution < 1.29 is 19.1 Å². The van der Waals surface area contributed by atoms with Gasteiger partial charge in [-0.15, -0.1) is 0 Å². The van der Waals surface area contributed by atoms with E-state index in [4.69, 9.17) is 4.74 Å². The molecule has 0 bridgehead atoms. The number of esters is 1. The smallest absolute Gasteiger partial charge is 0.316 e. The molecule has 1 aliphatic rings. The third kappa shape index (κ3) is 5.57. The number of ether oxygens (including phenoxy) is 1. The van der Waals surface area contributed by atoms with Gasteiger partial charge in [0.15, 0.2) is 5.78 Å². The van der Waals surface area contributed by atoms with E-state index in [0.29, 0.717) is 24.8 Å². The molecule has 0 radical (unpaired) electrons. The normalized spacial score (nSPS) is 34.3. The van der Waals surface area contributed by atoms with Crippen LogP contribution in [0.1, 0.15) is 67.2 Å². The predicted molar refractivity (Wildman–Crippen MR) is 94.4 cm³/mol. The lowest BCUT2D eigenvalue weighted by molar-refractivity contribution is -0.158. The van der Waals surface area contributed by atoms with E-state index in [0.717, 1.165) is 6.42 Å². The zero-order chi connectivity index (χ0) is 18.4. The van der Waals surface area contributed by atoms with Crippen LogP contribution in [-0.2, 0) is 19.1 Å². The molecular weight excluding hydrogens is 304 g/mol. The fraction of sp³-hybridized carbons (Fsp3) is 0.750. The Morgan fingerprint density at radius 3 is 2.33 bits per heavy atom. The van der Waals surface area contributed by atoms with E-state index in [2.05, 4.69) is 0 Å². The molecule has 24 heavy (non-hydrogen) atoms. The van der Waals surface area contributed by atoms with Crippen molar-refractivity contribution in [1.29, 1.82) is 0 Å². The Hall–Kier alpha value is -1.45. The van der Waals surface area contributed by atoms with Crippen molar-refractivity contribution in [3.8, 4) is 0 Å². The third-order valence-corrected chi connectivity index (χ3v) is 5.10. The van der Waals surface area contributed by atoms with Gasteiger partial charge >= 0.3 is 5.97 Å². The van der Waals surface area contributed by atoms with Gasteiger partial charge in [-0.3, -0.25) is 14.4 Å². The average Bonchev–Trinajstić information content (AvgIpc) is 2.54. The highest BCUT2D eigenvalue weighted by Crippen LogP contribution is 2.24. The van der Waals surface area contributed by atoms with Crippen molar-refractivity contribution in [3.05, 3.63) is 11.6 Å².